The molecule has 0 amide bonds. The Bertz CT molecular complexity index is 854. The van der Waals surface area contributed by atoms with Gasteiger partial charge in [-0.1, -0.05) is 67.2 Å². The average molecular weight is 398 g/mol. The number of nitrogens with zero attached hydrogens (tertiary/aromatic N) is 3. The van der Waals surface area contributed by atoms with E-state index >= 15 is 0 Å². The highest BCUT2D eigenvalue weighted by Gasteiger charge is 2.47. The summed E-state index contributed by atoms with van der Waals surface area (Å²) in [6.45, 7) is 16.8. The summed E-state index contributed by atoms with van der Waals surface area (Å²) < 4.78 is 1.81. The van der Waals surface area contributed by atoms with Gasteiger partial charge in [0.1, 0.15) is 0 Å². The minimum Gasteiger partial charge on any atom is -0.294 e. The molecular formula is C25H39N3O. The molecule has 0 saturated heterocycles. The maximum atomic E-state index is 11.3. The smallest absolute Gasteiger partial charge is 0.201 e. The predicted molar refractivity (Wildman–Crippen MR) is 119 cm³/mol. The quantitative estimate of drug-likeness (QED) is 0.419. The van der Waals surface area contributed by atoms with Crippen molar-refractivity contribution in [3.05, 3.63) is 29.2 Å². The van der Waals surface area contributed by atoms with Gasteiger partial charge in [-0.05, 0) is 65.5 Å². The van der Waals surface area contributed by atoms with Crippen molar-refractivity contribution in [1.29, 1.82) is 0 Å². The first-order valence-corrected chi connectivity index (χ1v) is 11.4. The zero-order valence-electron chi connectivity index (χ0n) is 19.5. The summed E-state index contributed by atoms with van der Waals surface area (Å²) in [4.78, 5) is 11.3. The highest BCUT2D eigenvalue weighted by atomic mass is 16.1. The van der Waals surface area contributed by atoms with Crippen LogP contribution in [0.1, 0.15) is 102 Å². The third-order valence-electron chi connectivity index (χ3n) is 7.80. The van der Waals surface area contributed by atoms with E-state index in [0.717, 1.165) is 23.4 Å². The predicted octanol–water partition coefficient (Wildman–Crippen LogP) is 6.40. The Morgan fingerprint density at radius 2 is 1.69 bits per heavy atom. The van der Waals surface area contributed by atoms with Crippen LogP contribution in [0.15, 0.2) is 12.3 Å². The van der Waals surface area contributed by atoms with Gasteiger partial charge in [-0.15, -0.1) is 10.2 Å². The monoisotopic (exact) mass is 397 g/mol. The summed E-state index contributed by atoms with van der Waals surface area (Å²) in [6.07, 6.45) is 11.0. The number of aryl methyl sites for hydroxylation is 1. The van der Waals surface area contributed by atoms with Crippen molar-refractivity contribution in [3.63, 3.8) is 0 Å². The number of hydrogen-bond acceptors (Lipinski definition) is 3. The molecule has 1 saturated carbocycles. The largest absolute Gasteiger partial charge is 0.294 e. The second kappa shape index (κ2) is 8.20. The molecular weight excluding hydrogens is 358 g/mol. The Hall–Kier alpha value is -1.71. The molecule has 2 aromatic rings. The van der Waals surface area contributed by atoms with E-state index in [-0.39, 0.29) is 10.8 Å². The molecule has 4 heteroatoms. The van der Waals surface area contributed by atoms with E-state index in [1.807, 2.05) is 10.6 Å². The third-order valence-corrected chi connectivity index (χ3v) is 7.80. The van der Waals surface area contributed by atoms with Gasteiger partial charge in [-0.25, -0.2) is 0 Å². The molecule has 1 fully saturated rings. The molecule has 1 unspecified atom stereocenters. The van der Waals surface area contributed by atoms with Crippen molar-refractivity contribution in [1.82, 2.24) is 14.6 Å². The summed E-state index contributed by atoms with van der Waals surface area (Å²) in [5, 5.41) is 8.37. The molecule has 1 aliphatic carbocycles. The first-order valence-electron chi connectivity index (χ1n) is 11.4. The van der Waals surface area contributed by atoms with Crippen molar-refractivity contribution in [2.24, 2.45) is 23.2 Å². The molecule has 1 atom stereocenters. The van der Waals surface area contributed by atoms with E-state index in [0.29, 0.717) is 17.7 Å². The molecule has 4 nitrogen and oxygen atoms in total. The Morgan fingerprint density at radius 1 is 1.07 bits per heavy atom. The zero-order chi connectivity index (χ0) is 21.4. The first kappa shape index (κ1) is 22.0. The zero-order valence-corrected chi connectivity index (χ0v) is 19.5. The van der Waals surface area contributed by atoms with Crippen molar-refractivity contribution >= 4 is 11.9 Å². The van der Waals surface area contributed by atoms with Crippen LogP contribution >= 0.6 is 0 Å². The molecule has 0 radical (unpaired) electrons. The molecule has 2 heterocycles. The minimum absolute atomic E-state index is 0.0108. The molecule has 0 aromatic carbocycles. The molecule has 3 rings (SSSR count). The number of hydrogen-bond donors (Lipinski definition) is 0. The molecule has 0 N–H and O–H groups in total. The van der Waals surface area contributed by atoms with E-state index in [1.165, 1.54) is 44.1 Å². The maximum absolute atomic E-state index is 11.3. The number of aromatic nitrogens is 3. The molecule has 0 aliphatic heterocycles. The van der Waals surface area contributed by atoms with Crippen LogP contribution in [0.2, 0.25) is 0 Å². The lowest BCUT2D eigenvalue weighted by molar-refractivity contribution is 0.0184. The van der Waals surface area contributed by atoms with Crippen LogP contribution in [0.4, 0.5) is 0 Å². The summed E-state index contributed by atoms with van der Waals surface area (Å²) in [5.74, 6) is 2.25. The summed E-state index contributed by atoms with van der Waals surface area (Å²) in [7, 11) is 0. The fraction of sp³-hybridized carbons (Fsp3) is 0.720. The van der Waals surface area contributed by atoms with Crippen LogP contribution in [0, 0.1) is 30.1 Å². The van der Waals surface area contributed by atoms with Crippen molar-refractivity contribution in [2.75, 3.05) is 0 Å². The van der Waals surface area contributed by atoms with Gasteiger partial charge in [0.15, 0.2) is 11.9 Å². The molecule has 0 bridgehead atoms. The fourth-order valence-electron chi connectivity index (χ4n) is 6.95. The van der Waals surface area contributed by atoms with Gasteiger partial charge in [0, 0.05) is 6.20 Å². The molecule has 160 valence electrons. The number of carbonyl (C=O) groups is 1. The number of aldehydes is 1. The van der Waals surface area contributed by atoms with Gasteiger partial charge in [-0.3, -0.25) is 9.20 Å². The standard InChI is InChI=1S/C25H39N3O/c1-17(2)22(24(4,5)19-12-10-8-9-11-13-19)25(6,7)20-14-15-28-21(16-29)26-27-23(28)18(20)3/h14-17,19,22H,8-13H2,1-7H3. The SMILES string of the molecule is Cc1c(C(C)(C)C(C(C)C)C(C)(C)C2CCCCCC2)ccn2c(C=O)nnc12. The lowest BCUT2D eigenvalue weighted by Gasteiger charge is -2.51. The lowest BCUT2D eigenvalue weighted by Crippen LogP contribution is -2.46. The Balaban J connectivity index is 2.07. The van der Waals surface area contributed by atoms with Crippen LogP contribution < -0.4 is 0 Å². The molecule has 29 heavy (non-hydrogen) atoms. The van der Waals surface area contributed by atoms with Crippen molar-refractivity contribution < 1.29 is 4.79 Å². The Labute approximate surface area is 176 Å². The van der Waals surface area contributed by atoms with E-state index in [2.05, 4.69) is 64.7 Å². The van der Waals surface area contributed by atoms with Crippen LogP contribution in [0.25, 0.3) is 5.65 Å². The summed E-state index contributed by atoms with van der Waals surface area (Å²) in [6, 6.07) is 2.19. The summed E-state index contributed by atoms with van der Waals surface area (Å²) in [5.41, 5.74) is 3.51. The average Bonchev–Trinajstić information content (AvgIpc) is 2.85. The Kier molecular flexibility index (Phi) is 6.21. The van der Waals surface area contributed by atoms with E-state index in [4.69, 9.17) is 0 Å². The highest BCUT2D eigenvalue weighted by Crippen LogP contribution is 2.53. The van der Waals surface area contributed by atoms with Gasteiger partial charge < -0.3 is 0 Å². The van der Waals surface area contributed by atoms with Gasteiger partial charge in [0.05, 0.1) is 0 Å². The van der Waals surface area contributed by atoms with Crippen LogP contribution in [-0.4, -0.2) is 20.9 Å². The topological polar surface area (TPSA) is 47.3 Å². The fourth-order valence-corrected chi connectivity index (χ4v) is 6.95. The number of fused-ring (bicyclic) bond motifs is 1. The van der Waals surface area contributed by atoms with Crippen molar-refractivity contribution in [3.8, 4) is 0 Å². The maximum Gasteiger partial charge on any atom is 0.201 e. The lowest BCUT2D eigenvalue weighted by atomic mass is 9.53. The summed E-state index contributed by atoms with van der Waals surface area (Å²) >= 11 is 0. The molecule has 2 aromatic heterocycles. The highest BCUT2D eigenvalue weighted by molar-refractivity contribution is 5.71. The van der Waals surface area contributed by atoms with Gasteiger partial charge in [0.2, 0.25) is 5.82 Å². The van der Waals surface area contributed by atoms with E-state index in [9.17, 15) is 4.79 Å². The normalized spacial score (nSPS) is 18.2. The second-order valence-corrected chi connectivity index (χ2v) is 10.7. The minimum atomic E-state index is -0.0108. The second-order valence-electron chi connectivity index (χ2n) is 10.7. The molecule has 0 spiro atoms. The third kappa shape index (κ3) is 3.87. The van der Waals surface area contributed by atoms with Gasteiger partial charge in [-0.2, -0.15) is 0 Å². The Morgan fingerprint density at radius 3 is 2.24 bits per heavy atom. The number of carbonyl (C=O) groups excluding carboxylic acids is 1. The van der Waals surface area contributed by atoms with Gasteiger partial charge >= 0.3 is 0 Å². The van der Waals surface area contributed by atoms with Crippen LogP contribution in [0.5, 0.6) is 0 Å². The van der Waals surface area contributed by atoms with Crippen LogP contribution in [-0.2, 0) is 5.41 Å². The van der Waals surface area contributed by atoms with E-state index < -0.39 is 0 Å². The first-order chi connectivity index (χ1) is 13.6. The van der Waals surface area contributed by atoms with E-state index in [1.54, 1.807) is 0 Å². The molecule has 1 aliphatic rings. The number of pyridine rings is 1. The number of rotatable bonds is 6. The van der Waals surface area contributed by atoms with Gasteiger partial charge in [0.25, 0.3) is 0 Å². The van der Waals surface area contributed by atoms with Crippen molar-refractivity contribution in [2.45, 2.75) is 92.4 Å². The van der Waals surface area contributed by atoms with Crippen LogP contribution in [0.3, 0.4) is 0 Å².